The van der Waals surface area contributed by atoms with Crippen molar-refractivity contribution in [2.45, 2.75) is 6.54 Å². The minimum Gasteiger partial charge on any atom is -0.379 e. The summed E-state index contributed by atoms with van der Waals surface area (Å²) in [6, 6.07) is 11.7. The Balaban J connectivity index is 1.38. The number of fused-ring (bicyclic) bond motifs is 1. The van der Waals surface area contributed by atoms with Crippen LogP contribution < -0.4 is 10.6 Å². The number of ether oxygens (including phenoxy) is 1. The van der Waals surface area contributed by atoms with Crippen molar-refractivity contribution >= 4 is 28.3 Å². The Hall–Kier alpha value is -3.82. The zero-order valence-corrected chi connectivity index (χ0v) is 18.3. The summed E-state index contributed by atoms with van der Waals surface area (Å²) in [6.45, 7) is 4.23. The summed E-state index contributed by atoms with van der Waals surface area (Å²) in [5.74, 6) is 0.434. The summed E-state index contributed by atoms with van der Waals surface area (Å²) in [6.07, 6.45) is 5.36. The molecule has 1 amide bonds. The third kappa shape index (κ3) is 4.69. The van der Waals surface area contributed by atoms with Crippen LogP contribution in [0.1, 0.15) is 16.1 Å². The van der Waals surface area contributed by atoms with E-state index >= 15 is 0 Å². The molecular weight excluding hydrogens is 418 g/mol. The molecule has 0 spiro atoms. The molecule has 5 rings (SSSR count). The molecule has 9 nitrogen and oxygen atoms in total. The van der Waals surface area contributed by atoms with Crippen molar-refractivity contribution in [3.05, 3.63) is 66.2 Å². The number of H-pyrrole nitrogens is 1. The van der Waals surface area contributed by atoms with Gasteiger partial charge in [0.25, 0.3) is 5.91 Å². The van der Waals surface area contributed by atoms with Gasteiger partial charge in [0.05, 0.1) is 30.6 Å². The van der Waals surface area contributed by atoms with Crippen LogP contribution in [0, 0.1) is 0 Å². The van der Waals surface area contributed by atoms with Gasteiger partial charge in [-0.3, -0.25) is 19.8 Å². The summed E-state index contributed by atoms with van der Waals surface area (Å²) in [7, 11) is 1.79. The van der Waals surface area contributed by atoms with Crippen molar-refractivity contribution in [2.24, 2.45) is 0 Å². The molecular formula is C24H25N7O2. The summed E-state index contributed by atoms with van der Waals surface area (Å²) >= 11 is 0. The van der Waals surface area contributed by atoms with Gasteiger partial charge in [-0.05, 0) is 41.5 Å². The monoisotopic (exact) mass is 443 g/mol. The average molecular weight is 444 g/mol. The first-order chi connectivity index (χ1) is 16.2. The largest absolute Gasteiger partial charge is 0.379 e. The number of aromatic nitrogens is 4. The third-order valence-electron chi connectivity index (χ3n) is 5.69. The molecule has 1 aliphatic rings. The van der Waals surface area contributed by atoms with E-state index in [9.17, 15) is 4.79 Å². The molecule has 0 bridgehead atoms. The van der Waals surface area contributed by atoms with Crippen molar-refractivity contribution in [3.8, 4) is 11.1 Å². The number of aromatic amines is 1. The zero-order chi connectivity index (χ0) is 22.6. The highest BCUT2D eigenvalue weighted by atomic mass is 16.5. The highest BCUT2D eigenvalue weighted by molar-refractivity contribution is 6.11. The molecule has 0 unspecified atom stereocenters. The molecule has 0 atom stereocenters. The van der Waals surface area contributed by atoms with E-state index in [-0.39, 0.29) is 5.91 Å². The van der Waals surface area contributed by atoms with E-state index in [4.69, 9.17) is 4.74 Å². The normalized spacial score (nSPS) is 14.3. The van der Waals surface area contributed by atoms with Gasteiger partial charge in [-0.2, -0.15) is 5.10 Å². The number of benzene rings is 1. The molecule has 1 aromatic carbocycles. The van der Waals surface area contributed by atoms with Crippen molar-refractivity contribution < 1.29 is 9.53 Å². The standard InChI is InChI=1S/C24H25N7O2/c1-25-22-5-3-19(14-27-22)28-24(32)23-20-11-17(2-4-21(20)29-30-23)18-10-16(12-26-13-18)15-31-6-8-33-9-7-31/h2-5,10-14H,6-9,15H2,1H3,(H,25,27)(H,28,32)(H,29,30). The first-order valence-corrected chi connectivity index (χ1v) is 10.9. The minimum absolute atomic E-state index is 0.295. The maximum Gasteiger partial charge on any atom is 0.276 e. The number of morpholine rings is 1. The molecule has 33 heavy (non-hydrogen) atoms. The van der Waals surface area contributed by atoms with Crippen molar-refractivity contribution in [1.29, 1.82) is 0 Å². The van der Waals surface area contributed by atoms with Gasteiger partial charge >= 0.3 is 0 Å². The molecule has 1 aliphatic heterocycles. The van der Waals surface area contributed by atoms with Crippen LogP contribution in [0.3, 0.4) is 0 Å². The summed E-state index contributed by atoms with van der Waals surface area (Å²) in [5.41, 5.74) is 4.87. The fraction of sp³-hybridized carbons (Fsp3) is 0.250. The smallest absolute Gasteiger partial charge is 0.276 e. The van der Waals surface area contributed by atoms with Gasteiger partial charge < -0.3 is 15.4 Å². The molecule has 1 saturated heterocycles. The number of rotatable bonds is 6. The second-order valence-corrected chi connectivity index (χ2v) is 7.94. The lowest BCUT2D eigenvalue weighted by Crippen LogP contribution is -2.35. The molecule has 168 valence electrons. The van der Waals surface area contributed by atoms with Crippen molar-refractivity contribution in [2.75, 3.05) is 44.0 Å². The van der Waals surface area contributed by atoms with E-state index in [1.54, 1.807) is 25.4 Å². The molecule has 0 aliphatic carbocycles. The molecule has 3 aromatic heterocycles. The summed E-state index contributed by atoms with van der Waals surface area (Å²) in [5, 5.41) is 13.8. The second kappa shape index (κ2) is 9.35. The van der Waals surface area contributed by atoms with E-state index < -0.39 is 0 Å². The molecule has 0 radical (unpaired) electrons. The number of amides is 1. The average Bonchev–Trinajstić information content (AvgIpc) is 3.29. The number of hydrogen-bond donors (Lipinski definition) is 3. The first-order valence-electron chi connectivity index (χ1n) is 10.9. The lowest BCUT2D eigenvalue weighted by molar-refractivity contribution is 0.0341. The van der Waals surface area contributed by atoms with Gasteiger partial charge in [-0.15, -0.1) is 0 Å². The van der Waals surface area contributed by atoms with E-state index in [1.165, 1.54) is 0 Å². The Morgan fingerprint density at radius 3 is 2.76 bits per heavy atom. The Bertz CT molecular complexity index is 1260. The Labute approximate surface area is 191 Å². The van der Waals surface area contributed by atoms with Gasteiger partial charge in [-0.25, -0.2) is 4.98 Å². The second-order valence-electron chi connectivity index (χ2n) is 7.94. The van der Waals surface area contributed by atoms with Crippen molar-refractivity contribution in [1.82, 2.24) is 25.1 Å². The zero-order valence-electron chi connectivity index (χ0n) is 18.3. The predicted molar refractivity (Wildman–Crippen MR) is 127 cm³/mol. The van der Waals surface area contributed by atoms with E-state index in [2.05, 4.69) is 41.8 Å². The van der Waals surface area contributed by atoms with E-state index in [0.717, 1.165) is 66.3 Å². The first kappa shape index (κ1) is 21.0. The Kier molecular flexibility index (Phi) is 5.97. The van der Waals surface area contributed by atoms with Crippen molar-refractivity contribution in [3.63, 3.8) is 0 Å². The third-order valence-corrected chi connectivity index (χ3v) is 5.69. The Morgan fingerprint density at radius 2 is 1.97 bits per heavy atom. The maximum atomic E-state index is 12.9. The van der Waals surface area contributed by atoms with Gasteiger partial charge in [0, 0.05) is 50.0 Å². The number of carbonyl (C=O) groups excluding carboxylic acids is 1. The maximum absolute atomic E-state index is 12.9. The number of hydrogen-bond acceptors (Lipinski definition) is 7. The van der Waals surface area contributed by atoms with Gasteiger partial charge in [-0.1, -0.05) is 6.07 Å². The van der Waals surface area contributed by atoms with Gasteiger partial charge in [0.1, 0.15) is 5.82 Å². The van der Waals surface area contributed by atoms with Crippen LogP contribution in [0.25, 0.3) is 22.0 Å². The number of anilines is 2. The van der Waals surface area contributed by atoms with Crippen LogP contribution >= 0.6 is 0 Å². The predicted octanol–water partition coefficient (Wildman–Crippen LogP) is 3.15. The van der Waals surface area contributed by atoms with Crippen LogP contribution in [-0.2, 0) is 11.3 Å². The lowest BCUT2D eigenvalue weighted by Gasteiger charge is -2.26. The highest BCUT2D eigenvalue weighted by Crippen LogP contribution is 2.26. The minimum atomic E-state index is -0.295. The van der Waals surface area contributed by atoms with Crippen LogP contribution in [0.4, 0.5) is 11.5 Å². The van der Waals surface area contributed by atoms with E-state index in [1.807, 2.05) is 30.6 Å². The lowest BCUT2D eigenvalue weighted by atomic mass is 10.0. The Morgan fingerprint density at radius 1 is 1.09 bits per heavy atom. The highest BCUT2D eigenvalue weighted by Gasteiger charge is 2.16. The van der Waals surface area contributed by atoms with Crippen LogP contribution in [-0.4, -0.2) is 64.3 Å². The summed E-state index contributed by atoms with van der Waals surface area (Å²) in [4.78, 5) is 23.9. The summed E-state index contributed by atoms with van der Waals surface area (Å²) < 4.78 is 5.44. The molecule has 0 saturated carbocycles. The molecule has 4 aromatic rings. The molecule has 1 fully saturated rings. The number of pyridine rings is 2. The fourth-order valence-electron chi connectivity index (χ4n) is 3.92. The van der Waals surface area contributed by atoms with Gasteiger partial charge in [0.15, 0.2) is 5.69 Å². The topological polar surface area (TPSA) is 108 Å². The van der Waals surface area contributed by atoms with Crippen LogP contribution in [0.15, 0.2) is 55.0 Å². The number of nitrogens with zero attached hydrogens (tertiary/aromatic N) is 4. The van der Waals surface area contributed by atoms with Crippen LogP contribution in [0.2, 0.25) is 0 Å². The molecule has 4 heterocycles. The van der Waals surface area contributed by atoms with Crippen LogP contribution in [0.5, 0.6) is 0 Å². The molecule has 9 heteroatoms. The quantitative estimate of drug-likeness (QED) is 0.420. The number of nitrogens with one attached hydrogen (secondary N) is 3. The number of carbonyl (C=O) groups is 1. The molecule has 3 N–H and O–H groups in total. The SMILES string of the molecule is CNc1ccc(NC(=O)c2n[nH]c3ccc(-c4cncc(CN5CCOCC5)c4)cc23)cn1. The van der Waals surface area contributed by atoms with Gasteiger partial charge in [0.2, 0.25) is 0 Å². The fourth-order valence-corrected chi connectivity index (χ4v) is 3.92. The van der Waals surface area contributed by atoms with E-state index in [0.29, 0.717) is 11.4 Å².